The first kappa shape index (κ1) is 17.3. The molecule has 2 rings (SSSR count). The van der Waals surface area contributed by atoms with Crippen LogP contribution < -0.4 is 20.1 Å². The standard InChI is InChI=1S/C18H20N2O4/c1-12-8-9-16(24-3)14(10-12)20-18(22)11-17(21)19-13-6-4-5-7-15(13)23-2/h4-10H,11H2,1-3H3,(H,19,21)(H,20,22). The van der Waals surface area contributed by atoms with Crippen molar-refractivity contribution < 1.29 is 19.1 Å². The topological polar surface area (TPSA) is 76.7 Å². The smallest absolute Gasteiger partial charge is 0.233 e. The van der Waals surface area contributed by atoms with E-state index in [0.29, 0.717) is 22.9 Å². The minimum Gasteiger partial charge on any atom is -0.495 e. The van der Waals surface area contributed by atoms with Gasteiger partial charge in [0.05, 0.1) is 25.6 Å². The van der Waals surface area contributed by atoms with E-state index < -0.39 is 11.8 Å². The van der Waals surface area contributed by atoms with Gasteiger partial charge in [-0.25, -0.2) is 0 Å². The highest BCUT2D eigenvalue weighted by Crippen LogP contribution is 2.26. The number of anilines is 2. The van der Waals surface area contributed by atoms with Crippen molar-refractivity contribution in [3.8, 4) is 11.5 Å². The van der Waals surface area contributed by atoms with E-state index >= 15 is 0 Å². The van der Waals surface area contributed by atoms with Crippen molar-refractivity contribution in [3.05, 3.63) is 48.0 Å². The van der Waals surface area contributed by atoms with Crippen LogP contribution in [0.1, 0.15) is 12.0 Å². The molecule has 0 aromatic heterocycles. The summed E-state index contributed by atoms with van der Waals surface area (Å²) in [7, 11) is 3.04. The monoisotopic (exact) mass is 328 g/mol. The second kappa shape index (κ2) is 8.01. The van der Waals surface area contributed by atoms with E-state index in [1.807, 2.05) is 13.0 Å². The molecule has 0 heterocycles. The number of nitrogens with one attached hydrogen (secondary N) is 2. The summed E-state index contributed by atoms with van der Waals surface area (Å²) >= 11 is 0. The van der Waals surface area contributed by atoms with Crippen LogP contribution in [0.5, 0.6) is 11.5 Å². The van der Waals surface area contributed by atoms with Crippen molar-refractivity contribution >= 4 is 23.2 Å². The van der Waals surface area contributed by atoms with E-state index in [9.17, 15) is 9.59 Å². The molecule has 2 aromatic carbocycles. The molecule has 24 heavy (non-hydrogen) atoms. The number of amides is 2. The van der Waals surface area contributed by atoms with Gasteiger partial charge in [0.25, 0.3) is 0 Å². The maximum absolute atomic E-state index is 12.1. The van der Waals surface area contributed by atoms with Gasteiger partial charge in [0, 0.05) is 0 Å². The summed E-state index contributed by atoms with van der Waals surface area (Å²) in [4.78, 5) is 24.1. The average Bonchev–Trinajstić information content (AvgIpc) is 2.55. The van der Waals surface area contributed by atoms with Crippen LogP contribution in [-0.4, -0.2) is 26.0 Å². The Morgan fingerprint density at radius 3 is 2.12 bits per heavy atom. The quantitative estimate of drug-likeness (QED) is 0.799. The number of hydrogen-bond donors (Lipinski definition) is 2. The summed E-state index contributed by atoms with van der Waals surface area (Å²) < 4.78 is 10.4. The Morgan fingerprint density at radius 1 is 0.875 bits per heavy atom. The van der Waals surface area contributed by atoms with Crippen LogP contribution in [0.4, 0.5) is 11.4 Å². The molecule has 0 saturated carbocycles. The van der Waals surface area contributed by atoms with Gasteiger partial charge in [-0.1, -0.05) is 18.2 Å². The molecular formula is C18H20N2O4. The molecule has 0 aliphatic rings. The average molecular weight is 328 g/mol. The highest BCUT2D eigenvalue weighted by atomic mass is 16.5. The lowest BCUT2D eigenvalue weighted by molar-refractivity contribution is -0.123. The second-order valence-electron chi connectivity index (χ2n) is 5.18. The Kier molecular flexibility index (Phi) is 5.78. The van der Waals surface area contributed by atoms with Crippen LogP contribution >= 0.6 is 0 Å². The first-order valence-corrected chi connectivity index (χ1v) is 7.41. The third-order valence-electron chi connectivity index (χ3n) is 3.33. The fourth-order valence-electron chi connectivity index (χ4n) is 2.20. The van der Waals surface area contributed by atoms with Crippen LogP contribution in [-0.2, 0) is 9.59 Å². The molecule has 0 fully saturated rings. The minimum atomic E-state index is -0.427. The lowest BCUT2D eigenvalue weighted by atomic mass is 10.2. The number of ether oxygens (including phenoxy) is 2. The van der Waals surface area contributed by atoms with Crippen molar-refractivity contribution in [1.82, 2.24) is 0 Å². The van der Waals surface area contributed by atoms with Crippen molar-refractivity contribution in [1.29, 1.82) is 0 Å². The number of rotatable bonds is 6. The van der Waals surface area contributed by atoms with Gasteiger partial charge in [0.15, 0.2) is 0 Å². The fourth-order valence-corrected chi connectivity index (χ4v) is 2.20. The Bertz CT molecular complexity index is 744. The zero-order chi connectivity index (χ0) is 17.5. The Balaban J connectivity index is 1.99. The zero-order valence-corrected chi connectivity index (χ0v) is 13.9. The van der Waals surface area contributed by atoms with E-state index in [1.54, 1.807) is 36.4 Å². The molecule has 0 saturated heterocycles. The van der Waals surface area contributed by atoms with E-state index in [-0.39, 0.29) is 6.42 Å². The van der Waals surface area contributed by atoms with Crippen LogP contribution in [0.2, 0.25) is 0 Å². The highest BCUT2D eigenvalue weighted by molar-refractivity contribution is 6.08. The van der Waals surface area contributed by atoms with Gasteiger partial charge in [-0.3, -0.25) is 9.59 Å². The molecule has 0 unspecified atom stereocenters. The first-order valence-electron chi connectivity index (χ1n) is 7.41. The summed E-state index contributed by atoms with van der Waals surface area (Å²) in [6, 6.07) is 12.4. The molecule has 0 aliphatic carbocycles. The van der Waals surface area contributed by atoms with Crippen molar-refractivity contribution in [2.75, 3.05) is 24.9 Å². The van der Waals surface area contributed by atoms with Crippen LogP contribution in [0.3, 0.4) is 0 Å². The number of benzene rings is 2. The van der Waals surface area contributed by atoms with Gasteiger partial charge in [-0.05, 0) is 36.8 Å². The Hall–Kier alpha value is -3.02. The zero-order valence-electron chi connectivity index (χ0n) is 13.9. The Labute approximate surface area is 140 Å². The first-order chi connectivity index (χ1) is 11.5. The molecule has 2 N–H and O–H groups in total. The van der Waals surface area contributed by atoms with Crippen LogP contribution in [0.25, 0.3) is 0 Å². The largest absolute Gasteiger partial charge is 0.495 e. The maximum Gasteiger partial charge on any atom is 0.233 e. The minimum absolute atomic E-state index is 0.310. The molecule has 0 radical (unpaired) electrons. The lowest BCUT2D eigenvalue weighted by Gasteiger charge is -2.12. The van der Waals surface area contributed by atoms with Crippen molar-refractivity contribution in [3.63, 3.8) is 0 Å². The third kappa shape index (κ3) is 4.49. The van der Waals surface area contributed by atoms with Gasteiger partial charge >= 0.3 is 0 Å². The number of aryl methyl sites for hydroxylation is 1. The molecule has 0 aliphatic heterocycles. The second-order valence-corrected chi connectivity index (χ2v) is 5.18. The summed E-state index contributed by atoms with van der Waals surface area (Å²) in [5, 5.41) is 5.35. The van der Waals surface area contributed by atoms with Gasteiger partial charge in [0.1, 0.15) is 17.9 Å². The van der Waals surface area contributed by atoms with E-state index in [4.69, 9.17) is 9.47 Å². The third-order valence-corrected chi connectivity index (χ3v) is 3.33. The molecule has 2 aromatic rings. The number of para-hydroxylation sites is 2. The van der Waals surface area contributed by atoms with E-state index in [2.05, 4.69) is 10.6 Å². The predicted octanol–water partition coefficient (Wildman–Crippen LogP) is 2.98. The number of hydrogen-bond acceptors (Lipinski definition) is 4. The molecule has 6 heteroatoms. The molecule has 0 atom stereocenters. The molecule has 6 nitrogen and oxygen atoms in total. The maximum atomic E-state index is 12.1. The number of carbonyl (C=O) groups is 2. The van der Waals surface area contributed by atoms with Gasteiger partial charge < -0.3 is 20.1 Å². The number of methoxy groups -OCH3 is 2. The predicted molar refractivity (Wildman–Crippen MR) is 92.6 cm³/mol. The van der Waals surface area contributed by atoms with Crippen molar-refractivity contribution in [2.24, 2.45) is 0 Å². The van der Waals surface area contributed by atoms with Gasteiger partial charge in [-0.15, -0.1) is 0 Å². The lowest BCUT2D eigenvalue weighted by Crippen LogP contribution is -2.22. The molecule has 2 amide bonds. The summed E-state index contributed by atoms with van der Waals surface area (Å²) in [5.74, 6) is 0.223. The Morgan fingerprint density at radius 2 is 1.46 bits per heavy atom. The van der Waals surface area contributed by atoms with E-state index in [1.165, 1.54) is 14.2 Å². The van der Waals surface area contributed by atoms with Crippen LogP contribution in [0, 0.1) is 6.92 Å². The van der Waals surface area contributed by atoms with E-state index in [0.717, 1.165) is 5.56 Å². The van der Waals surface area contributed by atoms with Crippen LogP contribution in [0.15, 0.2) is 42.5 Å². The fraction of sp³-hybridized carbons (Fsp3) is 0.222. The van der Waals surface area contributed by atoms with Gasteiger partial charge in [-0.2, -0.15) is 0 Å². The highest BCUT2D eigenvalue weighted by Gasteiger charge is 2.14. The normalized spacial score (nSPS) is 9.96. The molecule has 126 valence electrons. The molecule has 0 spiro atoms. The van der Waals surface area contributed by atoms with Crippen molar-refractivity contribution in [2.45, 2.75) is 13.3 Å². The number of carbonyl (C=O) groups excluding carboxylic acids is 2. The summed E-state index contributed by atoms with van der Waals surface area (Å²) in [6.45, 7) is 1.91. The summed E-state index contributed by atoms with van der Waals surface area (Å²) in [6.07, 6.45) is -0.310. The molecule has 0 bridgehead atoms. The van der Waals surface area contributed by atoms with Gasteiger partial charge in [0.2, 0.25) is 11.8 Å². The SMILES string of the molecule is COc1ccccc1NC(=O)CC(=O)Nc1cc(C)ccc1OC. The molecular weight excluding hydrogens is 308 g/mol. The summed E-state index contributed by atoms with van der Waals surface area (Å²) in [5.41, 5.74) is 2.03.